The normalized spacial score (nSPS) is 16.9. The second-order valence-corrected chi connectivity index (χ2v) is 7.20. The standard InChI is InChI=1S/C13H18N2O4S/c1-15(2)20(18,19)11-6-4-3-5-10(11)14-12(13(16)17)9-7-8-9/h3-6,9,12,14H,7-8H2,1-2H3,(H,16,17). The summed E-state index contributed by atoms with van der Waals surface area (Å²) in [6, 6.07) is 5.63. The molecule has 2 rings (SSSR count). The minimum atomic E-state index is -3.61. The first kappa shape index (κ1) is 14.8. The molecule has 7 heteroatoms. The molecule has 0 heterocycles. The van der Waals surface area contributed by atoms with E-state index in [1.807, 2.05) is 0 Å². The van der Waals surface area contributed by atoms with Crippen molar-refractivity contribution in [1.82, 2.24) is 4.31 Å². The van der Waals surface area contributed by atoms with Crippen molar-refractivity contribution < 1.29 is 18.3 Å². The molecule has 6 nitrogen and oxygen atoms in total. The number of anilines is 1. The number of para-hydroxylation sites is 1. The Hall–Kier alpha value is -1.60. The summed E-state index contributed by atoms with van der Waals surface area (Å²) in [5.41, 5.74) is 0.334. The van der Waals surface area contributed by atoms with Gasteiger partial charge in [-0.15, -0.1) is 0 Å². The number of sulfonamides is 1. The molecular weight excluding hydrogens is 280 g/mol. The van der Waals surface area contributed by atoms with Crippen LogP contribution in [0.4, 0.5) is 5.69 Å². The van der Waals surface area contributed by atoms with E-state index in [2.05, 4.69) is 5.32 Å². The fraction of sp³-hybridized carbons (Fsp3) is 0.462. The van der Waals surface area contributed by atoms with Crippen LogP contribution in [-0.2, 0) is 14.8 Å². The van der Waals surface area contributed by atoms with Crippen LogP contribution in [-0.4, -0.2) is 43.9 Å². The SMILES string of the molecule is CN(C)S(=O)(=O)c1ccccc1NC(C(=O)O)C1CC1. The number of benzene rings is 1. The number of hydrogen-bond acceptors (Lipinski definition) is 4. The van der Waals surface area contributed by atoms with Gasteiger partial charge in [0, 0.05) is 14.1 Å². The fourth-order valence-corrected chi connectivity index (χ4v) is 3.03. The van der Waals surface area contributed by atoms with Gasteiger partial charge in [0.05, 0.1) is 5.69 Å². The van der Waals surface area contributed by atoms with Crippen LogP contribution < -0.4 is 5.32 Å². The lowest BCUT2D eigenvalue weighted by Crippen LogP contribution is -2.32. The molecule has 1 aliphatic rings. The van der Waals surface area contributed by atoms with E-state index >= 15 is 0 Å². The summed E-state index contributed by atoms with van der Waals surface area (Å²) >= 11 is 0. The maximum atomic E-state index is 12.2. The van der Waals surface area contributed by atoms with E-state index in [1.54, 1.807) is 18.2 Å². The maximum absolute atomic E-state index is 12.2. The van der Waals surface area contributed by atoms with E-state index in [1.165, 1.54) is 20.2 Å². The fourth-order valence-electron chi connectivity index (χ4n) is 1.99. The molecule has 0 aliphatic heterocycles. The highest BCUT2D eigenvalue weighted by atomic mass is 32.2. The molecule has 1 fully saturated rings. The zero-order chi connectivity index (χ0) is 14.9. The summed E-state index contributed by atoms with van der Waals surface area (Å²) in [5.74, 6) is -0.882. The second kappa shape index (κ2) is 5.41. The molecule has 1 aliphatic carbocycles. The van der Waals surface area contributed by atoms with Crippen LogP contribution in [0.3, 0.4) is 0 Å². The third kappa shape index (κ3) is 2.94. The minimum absolute atomic E-state index is 0.0719. The number of carboxylic acid groups (broad SMARTS) is 1. The highest BCUT2D eigenvalue weighted by Gasteiger charge is 2.37. The number of nitrogens with one attached hydrogen (secondary N) is 1. The van der Waals surface area contributed by atoms with Crippen molar-refractivity contribution in [2.45, 2.75) is 23.8 Å². The predicted octanol–water partition coefficient (Wildman–Crippen LogP) is 1.21. The molecule has 2 N–H and O–H groups in total. The maximum Gasteiger partial charge on any atom is 0.326 e. The Morgan fingerprint density at radius 1 is 1.35 bits per heavy atom. The lowest BCUT2D eigenvalue weighted by atomic mass is 10.1. The molecular formula is C13H18N2O4S. The quantitative estimate of drug-likeness (QED) is 0.824. The first-order valence-electron chi connectivity index (χ1n) is 6.35. The molecule has 0 aromatic heterocycles. The molecule has 1 aromatic rings. The van der Waals surface area contributed by atoms with E-state index in [0.717, 1.165) is 17.1 Å². The van der Waals surface area contributed by atoms with Gasteiger partial charge in [0.25, 0.3) is 0 Å². The molecule has 0 radical (unpaired) electrons. The number of hydrogen-bond donors (Lipinski definition) is 2. The first-order valence-corrected chi connectivity index (χ1v) is 7.79. The van der Waals surface area contributed by atoms with Crippen molar-refractivity contribution in [3.8, 4) is 0 Å². The zero-order valence-electron chi connectivity index (χ0n) is 11.4. The number of rotatable bonds is 6. The smallest absolute Gasteiger partial charge is 0.326 e. The van der Waals surface area contributed by atoms with Gasteiger partial charge < -0.3 is 10.4 Å². The van der Waals surface area contributed by atoms with Gasteiger partial charge in [0.1, 0.15) is 10.9 Å². The zero-order valence-corrected chi connectivity index (χ0v) is 12.2. The summed E-state index contributed by atoms with van der Waals surface area (Å²) in [4.78, 5) is 11.4. The van der Waals surface area contributed by atoms with Gasteiger partial charge in [0.15, 0.2) is 0 Å². The highest BCUT2D eigenvalue weighted by Crippen LogP contribution is 2.35. The minimum Gasteiger partial charge on any atom is -0.480 e. The average Bonchev–Trinajstić information content (AvgIpc) is 3.20. The van der Waals surface area contributed by atoms with E-state index in [9.17, 15) is 18.3 Å². The van der Waals surface area contributed by atoms with Gasteiger partial charge >= 0.3 is 5.97 Å². The number of carbonyl (C=O) groups is 1. The molecule has 1 aromatic carbocycles. The van der Waals surface area contributed by atoms with Crippen LogP contribution in [0.15, 0.2) is 29.2 Å². The predicted molar refractivity (Wildman–Crippen MR) is 75.1 cm³/mol. The van der Waals surface area contributed by atoms with E-state index in [0.29, 0.717) is 5.69 Å². The lowest BCUT2D eigenvalue weighted by Gasteiger charge is -2.19. The van der Waals surface area contributed by atoms with Crippen LogP contribution in [0.1, 0.15) is 12.8 Å². The summed E-state index contributed by atoms with van der Waals surface area (Å²) in [5, 5.41) is 12.1. The monoisotopic (exact) mass is 298 g/mol. The molecule has 0 amide bonds. The topological polar surface area (TPSA) is 86.7 Å². The summed E-state index contributed by atoms with van der Waals surface area (Å²) < 4.78 is 25.6. The third-order valence-corrected chi connectivity index (χ3v) is 5.19. The third-order valence-electron chi connectivity index (χ3n) is 3.32. The van der Waals surface area contributed by atoms with Crippen molar-refractivity contribution in [1.29, 1.82) is 0 Å². The van der Waals surface area contributed by atoms with Crippen molar-refractivity contribution in [2.24, 2.45) is 5.92 Å². The Morgan fingerprint density at radius 2 is 1.95 bits per heavy atom. The Morgan fingerprint density at radius 3 is 2.45 bits per heavy atom. The van der Waals surface area contributed by atoms with Gasteiger partial charge in [-0.1, -0.05) is 12.1 Å². The molecule has 1 unspecified atom stereocenters. The number of carboxylic acids is 1. The average molecular weight is 298 g/mol. The second-order valence-electron chi connectivity index (χ2n) is 5.08. The van der Waals surface area contributed by atoms with Crippen LogP contribution in [0.25, 0.3) is 0 Å². The molecule has 0 bridgehead atoms. The lowest BCUT2D eigenvalue weighted by molar-refractivity contribution is -0.138. The van der Waals surface area contributed by atoms with Crippen LogP contribution >= 0.6 is 0 Å². The molecule has 20 heavy (non-hydrogen) atoms. The molecule has 1 saturated carbocycles. The van der Waals surface area contributed by atoms with Crippen LogP contribution in [0.5, 0.6) is 0 Å². The van der Waals surface area contributed by atoms with Crippen molar-refractivity contribution in [3.05, 3.63) is 24.3 Å². The Kier molecular flexibility index (Phi) is 4.01. The van der Waals surface area contributed by atoms with Gasteiger partial charge in [-0.25, -0.2) is 17.5 Å². The molecule has 110 valence electrons. The van der Waals surface area contributed by atoms with Crippen molar-refractivity contribution >= 4 is 21.7 Å². The van der Waals surface area contributed by atoms with Gasteiger partial charge in [-0.05, 0) is 30.9 Å². The van der Waals surface area contributed by atoms with Crippen molar-refractivity contribution in [3.63, 3.8) is 0 Å². The van der Waals surface area contributed by atoms with Gasteiger partial charge in [-0.3, -0.25) is 0 Å². The van der Waals surface area contributed by atoms with E-state index < -0.39 is 22.0 Å². The summed E-state index contributed by atoms with van der Waals surface area (Å²) in [6.45, 7) is 0. The highest BCUT2D eigenvalue weighted by molar-refractivity contribution is 7.89. The van der Waals surface area contributed by atoms with E-state index in [4.69, 9.17) is 0 Å². The van der Waals surface area contributed by atoms with Crippen LogP contribution in [0, 0.1) is 5.92 Å². The molecule has 0 saturated heterocycles. The Bertz CT molecular complexity index is 609. The number of aliphatic carboxylic acids is 1. The van der Waals surface area contributed by atoms with Crippen molar-refractivity contribution in [2.75, 3.05) is 19.4 Å². The van der Waals surface area contributed by atoms with Gasteiger partial charge in [-0.2, -0.15) is 0 Å². The Balaban J connectivity index is 2.35. The van der Waals surface area contributed by atoms with E-state index in [-0.39, 0.29) is 10.8 Å². The Labute approximate surface area is 118 Å². The molecule has 0 spiro atoms. The van der Waals surface area contributed by atoms with Gasteiger partial charge in [0.2, 0.25) is 10.0 Å². The van der Waals surface area contributed by atoms with Crippen LogP contribution in [0.2, 0.25) is 0 Å². The number of nitrogens with zero attached hydrogens (tertiary/aromatic N) is 1. The molecule has 1 atom stereocenters. The summed E-state index contributed by atoms with van der Waals surface area (Å²) in [7, 11) is -0.714. The summed E-state index contributed by atoms with van der Waals surface area (Å²) in [6.07, 6.45) is 1.71. The first-order chi connectivity index (χ1) is 9.34. The largest absolute Gasteiger partial charge is 0.480 e.